The van der Waals surface area contributed by atoms with Crippen LogP contribution in [0.3, 0.4) is 0 Å². The van der Waals surface area contributed by atoms with Gasteiger partial charge in [0.15, 0.2) is 5.69 Å². The number of nitrogens with zero attached hydrogens (tertiary/aromatic N) is 2. The van der Waals surface area contributed by atoms with Crippen LogP contribution in [-0.4, -0.2) is 22.1 Å². The molecular weight excluding hydrogens is 240 g/mol. The van der Waals surface area contributed by atoms with E-state index in [1.807, 2.05) is 10.6 Å². The zero-order valence-electron chi connectivity index (χ0n) is 11.1. The van der Waals surface area contributed by atoms with E-state index in [-0.39, 0.29) is 5.97 Å². The summed E-state index contributed by atoms with van der Waals surface area (Å²) in [4.78, 5) is 16.1. The van der Waals surface area contributed by atoms with E-state index in [0.717, 1.165) is 24.2 Å². The summed E-state index contributed by atoms with van der Waals surface area (Å²) in [5.74, 6) is -0.327. The van der Waals surface area contributed by atoms with Crippen molar-refractivity contribution in [1.29, 1.82) is 0 Å². The summed E-state index contributed by atoms with van der Waals surface area (Å²) in [6.45, 7) is 4.30. The number of rotatable bonds is 2. The molecule has 1 aliphatic rings. The highest BCUT2D eigenvalue weighted by Crippen LogP contribution is 2.28. The van der Waals surface area contributed by atoms with E-state index in [2.05, 4.69) is 24.0 Å². The highest BCUT2D eigenvalue weighted by Gasteiger charge is 2.24. The molecule has 0 aliphatic carbocycles. The zero-order chi connectivity index (χ0) is 13.4. The molecule has 0 fully saturated rings. The smallest absolute Gasteiger partial charge is 0.358 e. The molecule has 0 saturated heterocycles. The lowest BCUT2D eigenvalue weighted by molar-refractivity contribution is 0.0518. The normalized spacial score (nSPS) is 12.7. The Bertz CT molecular complexity index is 644. The van der Waals surface area contributed by atoms with Gasteiger partial charge in [-0.05, 0) is 43.9 Å². The molecule has 1 aromatic heterocycles. The van der Waals surface area contributed by atoms with Crippen LogP contribution in [0.4, 0.5) is 0 Å². The van der Waals surface area contributed by atoms with E-state index in [1.54, 1.807) is 13.3 Å². The Morgan fingerprint density at radius 2 is 2.26 bits per heavy atom. The summed E-state index contributed by atoms with van der Waals surface area (Å²) in [5.41, 5.74) is 5.16. The lowest BCUT2D eigenvalue weighted by Gasteiger charge is -2.21. The van der Waals surface area contributed by atoms with Crippen LogP contribution in [0.2, 0.25) is 0 Å². The van der Waals surface area contributed by atoms with Gasteiger partial charge in [0, 0.05) is 0 Å². The second-order valence-corrected chi connectivity index (χ2v) is 4.70. The molecule has 0 amide bonds. The number of aromatic nitrogens is 2. The molecule has 2 heterocycles. The quantitative estimate of drug-likeness (QED) is 0.775. The van der Waals surface area contributed by atoms with Crippen molar-refractivity contribution in [3.05, 3.63) is 47.0 Å². The van der Waals surface area contributed by atoms with Gasteiger partial charge in [0.25, 0.3) is 0 Å². The van der Waals surface area contributed by atoms with Gasteiger partial charge in [-0.3, -0.25) is 0 Å². The molecule has 0 bridgehead atoms. The molecule has 4 heteroatoms. The van der Waals surface area contributed by atoms with Crippen molar-refractivity contribution in [2.75, 3.05) is 6.61 Å². The largest absolute Gasteiger partial charge is 0.461 e. The maximum Gasteiger partial charge on any atom is 0.358 e. The molecule has 0 N–H and O–H groups in total. The second kappa shape index (κ2) is 4.53. The van der Waals surface area contributed by atoms with Crippen molar-refractivity contribution in [3.8, 4) is 5.69 Å². The van der Waals surface area contributed by atoms with Gasteiger partial charge in [0.2, 0.25) is 0 Å². The summed E-state index contributed by atoms with van der Waals surface area (Å²) >= 11 is 0. The van der Waals surface area contributed by atoms with Gasteiger partial charge in [0.05, 0.1) is 18.0 Å². The number of esters is 1. The number of aryl methyl sites for hydroxylation is 1. The first-order chi connectivity index (χ1) is 9.22. The van der Waals surface area contributed by atoms with Crippen LogP contribution in [0.1, 0.15) is 34.2 Å². The summed E-state index contributed by atoms with van der Waals surface area (Å²) in [6.07, 6.45) is 3.49. The maximum absolute atomic E-state index is 11.9. The van der Waals surface area contributed by atoms with Crippen LogP contribution in [0.25, 0.3) is 5.69 Å². The molecule has 19 heavy (non-hydrogen) atoms. The van der Waals surface area contributed by atoms with Crippen molar-refractivity contribution in [3.63, 3.8) is 0 Å². The number of fused-ring (bicyclic) bond motifs is 3. The van der Waals surface area contributed by atoms with E-state index in [4.69, 9.17) is 4.74 Å². The molecule has 0 radical (unpaired) electrons. The Hall–Kier alpha value is -2.10. The van der Waals surface area contributed by atoms with Crippen LogP contribution < -0.4 is 0 Å². The van der Waals surface area contributed by atoms with Crippen molar-refractivity contribution in [2.45, 2.75) is 26.7 Å². The van der Waals surface area contributed by atoms with Crippen LogP contribution in [0.5, 0.6) is 0 Å². The number of ether oxygens (including phenoxy) is 1. The van der Waals surface area contributed by atoms with Crippen LogP contribution in [0.15, 0.2) is 24.5 Å². The average Bonchev–Trinajstić information content (AvgIpc) is 2.83. The zero-order valence-corrected chi connectivity index (χ0v) is 11.1. The van der Waals surface area contributed by atoms with Crippen LogP contribution >= 0.6 is 0 Å². The van der Waals surface area contributed by atoms with Crippen molar-refractivity contribution >= 4 is 5.97 Å². The third-order valence-corrected chi connectivity index (χ3v) is 3.59. The third kappa shape index (κ3) is 1.84. The predicted octanol–water partition coefficient (Wildman–Crippen LogP) is 2.46. The first-order valence-electron chi connectivity index (χ1n) is 6.54. The SMILES string of the molecule is CCOC(=O)c1ncn2c1CCc1c(C)cccc1-2. The minimum Gasteiger partial charge on any atom is -0.461 e. The Morgan fingerprint density at radius 3 is 3.05 bits per heavy atom. The molecule has 0 spiro atoms. The van der Waals surface area contributed by atoms with Gasteiger partial charge in [0.1, 0.15) is 6.33 Å². The third-order valence-electron chi connectivity index (χ3n) is 3.59. The van der Waals surface area contributed by atoms with Gasteiger partial charge < -0.3 is 9.30 Å². The first-order valence-corrected chi connectivity index (χ1v) is 6.54. The van der Waals surface area contributed by atoms with Gasteiger partial charge in [-0.15, -0.1) is 0 Å². The second-order valence-electron chi connectivity index (χ2n) is 4.70. The van der Waals surface area contributed by atoms with Crippen molar-refractivity contribution in [1.82, 2.24) is 9.55 Å². The highest BCUT2D eigenvalue weighted by molar-refractivity contribution is 5.89. The van der Waals surface area contributed by atoms with Crippen molar-refractivity contribution in [2.24, 2.45) is 0 Å². The molecular formula is C15H16N2O2. The van der Waals surface area contributed by atoms with Gasteiger partial charge in [-0.1, -0.05) is 12.1 Å². The monoisotopic (exact) mass is 256 g/mol. The molecule has 98 valence electrons. The number of carbonyl (C=O) groups is 1. The number of hydrogen-bond donors (Lipinski definition) is 0. The summed E-state index contributed by atoms with van der Waals surface area (Å²) in [6, 6.07) is 6.22. The molecule has 3 rings (SSSR count). The first kappa shape index (κ1) is 12.0. The van der Waals surface area contributed by atoms with Gasteiger partial charge in [-0.2, -0.15) is 0 Å². The standard InChI is InChI=1S/C15H16N2O2/c1-3-19-15(18)14-13-8-7-11-10(2)5-4-6-12(11)17(13)9-16-14/h4-6,9H,3,7-8H2,1-2H3. The molecule has 0 atom stereocenters. The minimum atomic E-state index is -0.327. The molecule has 1 aliphatic heterocycles. The van der Waals surface area contributed by atoms with Crippen LogP contribution in [0, 0.1) is 6.92 Å². The fourth-order valence-electron chi connectivity index (χ4n) is 2.67. The topological polar surface area (TPSA) is 44.1 Å². The minimum absolute atomic E-state index is 0.327. The van der Waals surface area contributed by atoms with Gasteiger partial charge >= 0.3 is 5.97 Å². The fourth-order valence-corrected chi connectivity index (χ4v) is 2.67. The predicted molar refractivity (Wildman–Crippen MR) is 71.7 cm³/mol. The number of hydrogen-bond acceptors (Lipinski definition) is 3. The number of benzene rings is 1. The lowest BCUT2D eigenvalue weighted by Crippen LogP contribution is -2.16. The van der Waals surface area contributed by atoms with Gasteiger partial charge in [-0.25, -0.2) is 9.78 Å². The Balaban J connectivity index is 2.10. The molecule has 0 saturated carbocycles. The van der Waals surface area contributed by atoms with E-state index < -0.39 is 0 Å². The Kier molecular flexibility index (Phi) is 2.85. The van der Waals surface area contributed by atoms with Crippen molar-refractivity contribution < 1.29 is 9.53 Å². The molecule has 4 nitrogen and oxygen atoms in total. The van der Waals surface area contributed by atoms with E-state index in [0.29, 0.717) is 12.3 Å². The molecule has 0 unspecified atom stereocenters. The number of carbonyl (C=O) groups excluding carboxylic acids is 1. The number of imidazole rings is 1. The summed E-state index contributed by atoms with van der Waals surface area (Å²) < 4.78 is 7.06. The Labute approximate surface area is 112 Å². The molecule has 1 aromatic carbocycles. The van der Waals surface area contributed by atoms with E-state index in [1.165, 1.54) is 11.1 Å². The van der Waals surface area contributed by atoms with E-state index in [9.17, 15) is 4.79 Å². The average molecular weight is 256 g/mol. The fraction of sp³-hybridized carbons (Fsp3) is 0.333. The van der Waals surface area contributed by atoms with Crippen LogP contribution in [-0.2, 0) is 17.6 Å². The maximum atomic E-state index is 11.9. The lowest BCUT2D eigenvalue weighted by atomic mass is 9.96. The molecule has 2 aromatic rings. The highest BCUT2D eigenvalue weighted by atomic mass is 16.5. The Morgan fingerprint density at radius 1 is 1.42 bits per heavy atom. The summed E-state index contributed by atoms with van der Waals surface area (Å²) in [5, 5.41) is 0. The summed E-state index contributed by atoms with van der Waals surface area (Å²) in [7, 11) is 0. The van der Waals surface area contributed by atoms with E-state index >= 15 is 0 Å².